The van der Waals surface area contributed by atoms with Crippen LogP contribution in [0.2, 0.25) is 0 Å². The van der Waals surface area contributed by atoms with E-state index in [0.717, 1.165) is 0 Å². The molecule has 20 heavy (non-hydrogen) atoms. The highest BCUT2D eigenvalue weighted by Gasteiger charge is 2.37. The van der Waals surface area contributed by atoms with Crippen LogP contribution in [0.5, 0.6) is 0 Å². The number of hydrogen-bond donors (Lipinski definition) is 0. The van der Waals surface area contributed by atoms with Gasteiger partial charge in [0.15, 0.2) is 0 Å². The van der Waals surface area contributed by atoms with E-state index in [4.69, 9.17) is 0 Å². The van der Waals surface area contributed by atoms with Gasteiger partial charge in [0.05, 0.1) is 5.75 Å². The van der Waals surface area contributed by atoms with Gasteiger partial charge < -0.3 is 4.90 Å². The molecule has 0 spiro atoms. The molecular formula is C17H23NOS. The minimum absolute atomic E-state index is 0.241. The Morgan fingerprint density at radius 3 is 2.55 bits per heavy atom. The van der Waals surface area contributed by atoms with Crippen LogP contribution >= 0.6 is 11.8 Å². The zero-order valence-corrected chi connectivity index (χ0v) is 13.2. The van der Waals surface area contributed by atoms with E-state index in [-0.39, 0.29) is 5.37 Å². The molecule has 1 atom stereocenters. The Morgan fingerprint density at radius 1 is 1.10 bits per heavy atom. The van der Waals surface area contributed by atoms with E-state index in [2.05, 4.69) is 36.9 Å². The molecular weight excluding hydrogens is 266 g/mol. The van der Waals surface area contributed by atoms with Crippen LogP contribution in [0.15, 0.2) is 18.2 Å². The number of aryl methyl sites for hydroxylation is 2. The number of amides is 1. The maximum Gasteiger partial charge on any atom is 0.234 e. The third-order valence-electron chi connectivity index (χ3n) is 4.69. The topological polar surface area (TPSA) is 20.3 Å². The Bertz CT molecular complexity index is 508. The van der Waals surface area contributed by atoms with E-state index in [1.54, 1.807) is 11.8 Å². The van der Waals surface area contributed by atoms with Crippen molar-refractivity contribution in [3.8, 4) is 0 Å². The lowest BCUT2D eigenvalue weighted by molar-refractivity contribution is -0.131. The molecule has 2 fully saturated rings. The zero-order valence-electron chi connectivity index (χ0n) is 12.4. The zero-order chi connectivity index (χ0) is 14.1. The molecule has 0 aromatic heterocycles. The highest BCUT2D eigenvalue weighted by atomic mass is 32.2. The molecule has 0 N–H and O–H groups in total. The Balaban J connectivity index is 1.86. The summed E-state index contributed by atoms with van der Waals surface area (Å²) in [6.45, 7) is 4.30. The molecule has 1 heterocycles. The van der Waals surface area contributed by atoms with Crippen LogP contribution in [0.25, 0.3) is 0 Å². The van der Waals surface area contributed by atoms with Crippen LogP contribution in [0, 0.1) is 13.8 Å². The minimum atomic E-state index is 0.241. The molecule has 2 aliphatic rings. The summed E-state index contributed by atoms with van der Waals surface area (Å²) in [6, 6.07) is 7.13. The Morgan fingerprint density at radius 2 is 1.85 bits per heavy atom. The van der Waals surface area contributed by atoms with Crippen molar-refractivity contribution in [2.75, 3.05) is 5.75 Å². The van der Waals surface area contributed by atoms with Crippen LogP contribution in [0.1, 0.15) is 54.2 Å². The third kappa shape index (κ3) is 2.60. The maximum atomic E-state index is 12.3. The van der Waals surface area contributed by atoms with E-state index < -0.39 is 0 Å². The second-order valence-electron chi connectivity index (χ2n) is 6.10. The Hall–Kier alpha value is -0.960. The van der Waals surface area contributed by atoms with E-state index >= 15 is 0 Å². The van der Waals surface area contributed by atoms with Gasteiger partial charge in [0, 0.05) is 6.04 Å². The van der Waals surface area contributed by atoms with Gasteiger partial charge in [0.25, 0.3) is 0 Å². The highest BCUT2D eigenvalue weighted by molar-refractivity contribution is 8.00. The second kappa shape index (κ2) is 5.80. The smallest absolute Gasteiger partial charge is 0.234 e. The summed E-state index contributed by atoms with van der Waals surface area (Å²) in [6.07, 6.45) is 6.26. The van der Waals surface area contributed by atoms with Gasteiger partial charge in [-0.2, -0.15) is 0 Å². The molecule has 0 bridgehead atoms. The Kier molecular flexibility index (Phi) is 4.06. The lowest BCUT2D eigenvalue weighted by Crippen LogP contribution is -2.39. The van der Waals surface area contributed by atoms with Gasteiger partial charge in [-0.15, -0.1) is 11.8 Å². The SMILES string of the molecule is Cc1ccc([C@H]2SCC(=O)N2C2CCCCC2)cc1C. The summed E-state index contributed by atoms with van der Waals surface area (Å²) in [5.74, 6) is 0.985. The number of hydrogen-bond acceptors (Lipinski definition) is 2. The lowest BCUT2D eigenvalue weighted by atomic mass is 9.93. The highest BCUT2D eigenvalue weighted by Crippen LogP contribution is 2.42. The van der Waals surface area contributed by atoms with Crippen molar-refractivity contribution >= 4 is 17.7 Å². The number of rotatable bonds is 2. The molecule has 1 saturated carbocycles. The first-order valence-electron chi connectivity index (χ1n) is 7.67. The first-order valence-corrected chi connectivity index (χ1v) is 8.71. The molecule has 0 unspecified atom stereocenters. The molecule has 1 aliphatic heterocycles. The summed E-state index contributed by atoms with van der Waals surface area (Å²) < 4.78 is 0. The molecule has 1 aliphatic carbocycles. The van der Waals surface area contributed by atoms with Gasteiger partial charge in [0.1, 0.15) is 5.37 Å². The van der Waals surface area contributed by atoms with E-state index in [9.17, 15) is 4.79 Å². The number of nitrogens with zero attached hydrogens (tertiary/aromatic N) is 1. The quantitative estimate of drug-likeness (QED) is 0.813. The summed E-state index contributed by atoms with van der Waals surface area (Å²) in [7, 11) is 0. The molecule has 1 aromatic rings. The van der Waals surface area contributed by atoms with Gasteiger partial charge in [-0.25, -0.2) is 0 Å². The number of thioether (sulfide) groups is 1. The second-order valence-corrected chi connectivity index (χ2v) is 7.17. The first-order chi connectivity index (χ1) is 9.66. The molecule has 0 radical (unpaired) electrons. The fraction of sp³-hybridized carbons (Fsp3) is 0.588. The van der Waals surface area contributed by atoms with Crippen molar-refractivity contribution < 1.29 is 4.79 Å². The van der Waals surface area contributed by atoms with Gasteiger partial charge in [0.2, 0.25) is 5.91 Å². The molecule has 3 heteroatoms. The standard InChI is InChI=1S/C17H23NOS/c1-12-8-9-14(10-13(12)2)17-18(16(19)11-20-17)15-6-4-3-5-7-15/h8-10,15,17H,3-7,11H2,1-2H3/t17-/m1/s1. The molecule has 1 aromatic carbocycles. The monoisotopic (exact) mass is 289 g/mol. The maximum absolute atomic E-state index is 12.3. The van der Waals surface area contributed by atoms with Crippen LogP contribution in [-0.4, -0.2) is 22.6 Å². The number of carbonyl (C=O) groups is 1. The van der Waals surface area contributed by atoms with Gasteiger partial charge >= 0.3 is 0 Å². The third-order valence-corrected chi connectivity index (χ3v) is 5.92. The van der Waals surface area contributed by atoms with Crippen molar-refractivity contribution in [1.29, 1.82) is 0 Å². The number of benzene rings is 1. The normalized spacial score (nSPS) is 24.4. The summed E-state index contributed by atoms with van der Waals surface area (Å²) >= 11 is 1.80. The summed E-state index contributed by atoms with van der Waals surface area (Å²) in [5, 5.41) is 0.241. The molecule has 2 nitrogen and oxygen atoms in total. The van der Waals surface area contributed by atoms with Crippen LogP contribution < -0.4 is 0 Å². The van der Waals surface area contributed by atoms with E-state index in [0.29, 0.717) is 17.7 Å². The Labute approximate surface area is 125 Å². The van der Waals surface area contributed by atoms with Crippen molar-refractivity contribution in [3.63, 3.8) is 0 Å². The molecule has 3 rings (SSSR count). The van der Waals surface area contributed by atoms with Crippen LogP contribution in [-0.2, 0) is 4.79 Å². The fourth-order valence-electron chi connectivity index (χ4n) is 3.37. The van der Waals surface area contributed by atoms with Crippen LogP contribution in [0.3, 0.4) is 0 Å². The predicted octanol–water partition coefficient (Wildman–Crippen LogP) is 4.21. The average molecular weight is 289 g/mol. The number of carbonyl (C=O) groups excluding carboxylic acids is 1. The van der Waals surface area contributed by atoms with Gasteiger partial charge in [-0.1, -0.05) is 37.5 Å². The van der Waals surface area contributed by atoms with Crippen molar-refractivity contribution in [2.45, 2.75) is 57.4 Å². The molecule has 108 valence electrons. The summed E-state index contributed by atoms with van der Waals surface area (Å²) in [5.41, 5.74) is 3.95. The molecule has 1 saturated heterocycles. The van der Waals surface area contributed by atoms with Crippen molar-refractivity contribution in [1.82, 2.24) is 4.90 Å². The lowest BCUT2D eigenvalue weighted by Gasteiger charge is -2.35. The van der Waals surface area contributed by atoms with Gasteiger partial charge in [-0.3, -0.25) is 4.79 Å². The average Bonchev–Trinajstić information content (AvgIpc) is 2.85. The summed E-state index contributed by atoms with van der Waals surface area (Å²) in [4.78, 5) is 14.5. The van der Waals surface area contributed by atoms with Crippen molar-refractivity contribution in [3.05, 3.63) is 34.9 Å². The first kappa shape index (κ1) is 14.0. The predicted molar refractivity (Wildman–Crippen MR) is 84.8 cm³/mol. The van der Waals surface area contributed by atoms with E-state index in [1.807, 2.05) is 0 Å². The molecule has 1 amide bonds. The van der Waals surface area contributed by atoms with Gasteiger partial charge in [-0.05, 0) is 43.4 Å². The minimum Gasteiger partial charge on any atom is -0.323 e. The fourth-order valence-corrected chi connectivity index (χ4v) is 4.60. The van der Waals surface area contributed by atoms with E-state index in [1.165, 1.54) is 48.8 Å². The largest absolute Gasteiger partial charge is 0.323 e. The van der Waals surface area contributed by atoms with Crippen LogP contribution in [0.4, 0.5) is 0 Å². The van der Waals surface area contributed by atoms with Crippen molar-refractivity contribution in [2.24, 2.45) is 0 Å².